The van der Waals surface area contributed by atoms with Gasteiger partial charge in [-0.2, -0.15) is 0 Å². The number of hydrazine groups is 1. The second-order valence-electron chi connectivity index (χ2n) is 3.77. The maximum Gasteiger partial charge on any atom is 0.426 e. The summed E-state index contributed by atoms with van der Waals surface area (Å²) in [5, 5.41) is 1.33. The van der Waals surface area contributed by atoms with E-state index in [0.29, 0.717) is 6.54 Å². The van der Waals surface area contributed by atoms with Crippen molar-refractivity contribution in [2.45, 2.75) is 20.8 Å². The number of amides is 2. The Balaban J connectivity index is 2.55. The van der Waals surface area contributed by atoms with E-state index in [1.165, 1.54) is 5.01 Å². The van der Waals surface area contributed by atoms with Gasteiger partial charge in [0.1, 0.15) is 6.61 Å². The maximum absolute atomic E-state index is 11.7. The van der Waals surface area contributed by atoms with E-state index in [2.05, 4.69) is 10.2 Å². The van der Waals surface area contributed by atoms with Crippen molar-refractivity contribution in [3.05, 3.63) is 0 Å². The fourth-order valence-corrected chi connectivity index (χ4v) is 1.12. The third-order valence-electron chi connectivity index (χ3n) is 2.43. The fourth-order valence-electron chi connectivity index (χ4n) is 1.12. The molecule has 1 heterocycles. The van der Waals surface area contributed by atoms with Crippen LogP contribution in [0.3, 0.4) is 0 Å². The molecule has 14 heavy (non-hydrogen) atoms. The molecular formula is C9H16N2O3. The van der Waals surface area contributed by atoms with Gasteiger partial charge in [0.15, 0.2) is 0 Å². The molecule has 1 aliphatic rings. The van der Waals surface area contributed by atoms with Crippen LogP contribution >= 0.6 is 0 Å². The molecule has 0 saturated carbocycles. The topological polar surface area (TPSA) is 58.6 Å². The van der Waals surface area contributed by atoms with Gasteiger partial charge in [0.25, 0.3) is 0 Å². The van der Waals surface area contributed by atoms with Gasteiger partial charge in [-0.3, -0.25) is 4.79 Å². The summed E-state index contributed by atoms with van der Waals surface area (Å²) in [5.41, 5.74) is 2.37. The van der Waals surface area contributed by atoms with Gasteiger partial charge < -0.3 is 4.74 Å². The lowest BCUT2D eigenvalue weighted by Gasteiger charge is -2.30. The average molecular weight is 200 g/mol. The second kappa shape index (κ2) is 4.30. The first-order chi connectivity index (χ1) is 6.52. The van der Waals surface area contributed by atoms with Gasteiger partial charge in [0.05, 0.1) is 6.54 Å². The van der Waals surface area contributed by atoms with Crippen LogP contribution in [0, 0.1) is 11.8 Å². The standard InChI is InChI=1S/C9H16N2O3/c1-6(2)7(3)8(12)11-4-5-14-9(13)10-11/h6-7H,4-5H2,1-3H3,(H,10,13). The lowest BCUT2D eigenvalue weighted by Crippen LogP contribution is -2.54. The number of hydrogen-bond acceptors (Lipinski definition) is 3. The van der Waals surface area contributed by atoms with Crippen LogP contribution in [0.1, 0.15) is 20.8 Å². The van der Waals surface area contributed by atoms with E-state index in [9.17, 15) is 9.59 Å². The van der Waals surface area contributed by atoms with Crippen molar-refractivity contribution in [1.82, 2.24) is 10.4 Å². The van der Waals surface area contributed by atoms with Crippen LogP contribution in [0.4, 0.5) is 4.79 Å². The number of hydrogen-bond donors (Lipinski definition) is 1. The first kappa shape index (κ1) is 10.8. The zero-order valence-corrected chi connectivity index (χ0v) is 8.74. The first-order valence-electron chi connectivity index (χ1n) is 4.77. The van der Waals surface area contributed by atoms with Crippen molar-refractivity contribution in [1.29, 1.82) is 0 Å². The van der Waals surface area contributed by atoms with Crippen molar-refractivity contribution in [3.8, 4) is 0 Å². The number of nitrogens with zero attached hydrogens (tertiary/aromatic N) is 1. The molecule has 1 aliphatic heterocycles. The molecule has 5 heteroatoms. The molecule has 1 rings (SSSR count). The highest BCUT2D eigenvalue weighted by molar-refractivity contribution is 5.81. The summed E-state index contributed by atoms with van der Waals surface area (Å²) in [6.45, 7) is 6.49. The molecule has 0 spiro atoms. The lowest BCUT2D eigenvalue weighted by atomic mass is 9.97. The molecule has 0 aliphatic carbocycles. The Bertz CT molecular complexity index is 240. The molecule has 5 nitrogen and oxygen atoms in total. The zero-order chi connectivity index (χ0) is 10.7. The average Bonchev–Trinajstić information content (AvgIpc) is 2.15. The third-order valence-corrected chi connectivity index (χ3v) is 2.43. The maximum atomic E-state index is 11.7. The molecule has 0 aromatic heterocycles. The highest BCUT2D eigenvalue weighted by Crippen LogP contribution is 2.13. The van der Waals surface area contributed by atoms with Gasteiger partial charge in [-0.25, -0.2) is 15.2 Å². The molecule has 0 aromatic carbocycles. The minimum Gasteiger partial charge on any atom is -0.446 e. The Morgan fingerprint density at radius 2 is 2.14 bits per heavy atom. The minimum atomic E-state index is -0.555. The van der Waals surface area contributed by atoms with Gasteiger partial charge in [-0.1, -0.05) is 20.8 Å². The van der Waals surface area contributed by atoms with E-state index < -0.39 is 6.09 Å². The Morgan fingerprint density at radius 3 is 2.64 bits per heavy atom. The monoisotopic (exact) mass is 200 g/mol. The van der Waals surface area contributed by atoms with Crippen LogP contribution in [0.5, 0.6) is 0 Å². The molecule has 1 N–H and O–H groups in total. The van der Waals surface area contributed by atoms with Crippen LogP contribution in [0.25, 0.3) is 0 Å². The zero-order valence-electron chi connectivity index (χ0n) is 8.74. The molecule has 0 aromatic rings. The van der Waals surface area contributed by atoms with Crippen LogP contribution in [0.2, 0.25) is 0 Å². The molecular weight excluding hydrogens is 184 g/mol. The highest BCUT2D eigenvalue weighted by atomic mass is 16.6. The first-order valence-corrected chi connectivity index (χ1v) is 4.77. The van der Waals surface area contributed by atoms with E-state index in [1.54, 1.807) is 0 Å². The van der Waals surface area contributed by atoms with Gasteiger partial charge in [0.2, 0.25) is 5.91 Å². The molecule has 80 valence electrons. The number of carbonyl (C=O) groups is 2. The lowest BCUT2D eigenvalue weighted by molar-refractivity contribution is -0.141. The van der Waals surface area contributed by atoms with Gasteiger partial charge in [0, 0.05) is 5.92 Å². The largest absolute Gasteiger partial charge is 0.446 e. The van der Waals surface area contributed by atoms with Crippen molar-refractivity contribution in [2.75, 3.05) is 13.2 Å². The summed E-state index contributed by atoms with van der Waals surface area (Å²) in [7, 11) is 0. The summed E-state index contributed by atoms with van der Waals surface area (Å²) in [5.74, 6) is 0.118. The summed E-state index contributed by atoms with van der Waals surface area (Å²) >= 11 is 0. The van der Waals surface area contributed by atoms with E-state index in [0.717, 1.165) is 0 Å². The van der Waals surface area contributed by atoms with Crippen molar-refractivity contribution in [3.63, 3.8) is 0 Å². The van der Waals surface area contributed by atoms with Gasteiger partial charge in [-0.15, -0.1) is 0 Å². The second-order valence-corrected chi connectivity index (χ2v) is 3.77. The quantitative estimate of drug-likeness (QED) is 0.716. The van der Waals surface area contributed by atoms with Crippen LogP contribution in [-0.2, 0) is 9.53 Å². The van der Waals surface area contributed by atoms with Crippen molar-refractivity contribution < 1.29 is 14.3 Å². The van der Waals surface area contributed by atoms with E-state index in [4.69, 9.17) is 0 Å². The predicted molar refractivity (Wildman–Crippen MR) is 50.2 cm³/mol. The highest BCUT2D eigenvalue weighted by Gasteiger charge is 2.27. The summed E-state index contributed by atoms with van der Waals surface area (Å²) in [6.07, 6.45) is -0.555. The van der Waals surface area contributed by atoms with E-state index >= 15 is 0 Å². The normalized spacial score (nSPS) is 18.9. The summed E-state index contributed by atoms with van der Waals surface area (Å²) in [6, 6.07) is 0. The number of ether oxygens (including phenoxy) is 1. The Kier molecular flexibility index (Phi) is 3.33. The molecule has 1 unspecified atom stereocenters. The number of nitrogens with one attached hydrogen (secondary N) is 1. The molecule has 0 bridgehead atoms. The Morgan fingerprint density at radius 1 is 1.50 bits per heavy atom. The third kappa shape index (κ3) is 2.37. The number of rotatable bonds is 2. The molecule has 0 radical (unpaired) electrons. The number of cyclic esters (lactones) is 1. The van der Waals surface area contributed by atoms with Crippen molar-refractivity contribution >= 4 is 12.0 Å². The van der Waals surface area contributed by atoms with E-state index in [-0.39, 0.29) is 24.3 Å². The van der Waals surface area contributed by atoms with Crippen molar-refractivity contribution in [2.24, 2.45) is 11.8 Å². The summed E-state index contributed by atoms with van der Waals surface area (Å²) in [4.78, 5) is 22.6. The van der Waals surface area contributed by atoms with Gasteiger partial charge in [-0.05, 0) is 5.92 Å². The minimum absolute atomic E-state index is 0.0587. The Hall–Kier alpha value is -1.26. The molecule has 2 amide bonds. The molecule has 1 fully saturated rings. The molecule has 1 saturated heterocycles. The van der Waals surface area contributed by atoms with Crippen LogP contribution in [-0.4, -0.2) is 30.2 Å². The predicted octanol–water partition coefficient (Wildman–Crippen LogP) is 0.762. The molecule has 1 atom stereocenters. The summed E-state index contributed by atoms with van der Waals surface area (Å²) < 4.78 is 4.65. The van der Waals surface area contributed by atoms with Crippen LogP contribution < -0.4 is 5.43 Å². The fraction of sp³-hybridized carbons (Fsp3) is 0.778. The van der Waals surface area contributed by atoms with Crippen LogP contribution in [0.15, 0.2) is 0 Å². The SMILES string of the molecule is CC(C)C(C)C(=O)N1CCOC(=O)N1. The number of carbonyl (C=O) groups excluding carboxylic acids is 2. The Labute approximate surface area is 83.4 Å². The smallest absolute Gasteiger partial charge is 0.426 e. The van der Waals surface area contributed by atoms with E-state index in [1.807, 2.05) is 20.8 Å². The van der Waals surface area contributed by atoms with Gasteiger partial charge >= 0.3 is 6.09 Å².